The molecule has 0 bridgehead atoms. The predicted molar refractivity (Wildman–Crippen MR) is 61.0 cm³/mol. The maximum atomic E-state index is 4.55. The number of likely N-dealkylation sites (tertiary alicyclic amines) is 1. The van der Waals surface area contributed by atoms with Crippen molar-refractivity contribution in [3.63, 3.8) is 0 Å². The van der Waals surface area contributed by atoms with Gasteiger partial charge in [0.25, 0.3) is 0 Å². The van der Waals surface area contributed by atoms with Crippen LogP contribution in [0.2, 0.25) is 0 Å². The van der Waals surface area contributed by atoms with Crippen molar-refractivity contribution in [1.82, 2.24) is 14.9 Å². The summed E-state index contributed by atoms with van der Waals surface area (Å²) in [5.74, 6) is 1.63. The Balaban J connectivity index is 2.15. The summed E-state index contributed by atoms with van der Waals surface area (Å²) in [6.45, 7) is 6.43. The summed E-state index contributed by atoms with van der Waals surface area (Å²) >= 11 is 0. The predicted octanol–water partition coefficient (Wildman–Crippen LogP) is 1.90. The van der Waals surface area contributed by atoms with E-state index in [-0.39, 0.29) is 0 Å². The molecule has 1 saturated heterocycles. The standard InChI is InChI=1S/C12H19N3/c1-9-8-10(2)14-12(13-9)11-4-6-15(3)7-5-11/h8,11H,4-7H2,1-3H3. The molecule has 0 N–H and O–H groups in total. The number of rotatable bonds is 1. The van der Waals surface area contributed by atoms with Crippen molar-refractivity contribution in [2.45, 2.75) is 32.6 Å². The molecule has 3 heteroatoms. The minimum atomic E-state index is 0.569. The summed E-state index contributed by atoms with van der Waals surface area (Å²) in [7, 11) is 2.18. The van der Waals surface area contributed by atoms with Gasteiger partial charge in [-0.15, -0.1) is 0 Å². The maximum absolute atomic E-state index is 4.55. The van der Waals surface area contributed by atoms with Gasteiger partial charge in [-0.2, -0.15) is 0 Å². The molecule has 2 heterocycles. The molecule has 3 nitrogen and oxygen atoms in total. The molecule has 0 saturated carbocycles. The van der Waals surface area contributed by atoms with Gasteiger partial charge in [0.05, 0.1) is 0 Å². The van der Waals surface area contributed by atoms with Gasteiger partial charge in [-0.3, -0.25) is 0 Å². The molecule has 0 aromatic carbocycles. The molecule has 0 atom stereocenters. The lowest BCUT2D eigenvalue weighted by atomic mass is 9.96. The van der Waals surface area contributed by atoms with Gasteiger partial charge in [-0.1, -0.05) is 0 Å². The van der Waals surface area contributed by atoms with Gasteiger partial charge in [0.1, 0.15) is 5.82 Å². The minimum Gasteiger partial charge on any atom is -0.306 e. The van der Waals surface area contributed by atoms with Gasteiger partial charge in [-0.25, -0.2) is 9.97 Å². The Hall–Kier alpha value is -0.960. The van der Waals surface area contributed by atoms with Gasteiger partial charge >= 0.3 is 0 Å². The van der Waals surface area contributed by atoms with Crippen LogP contribution in [0.25, 0.3) is 0 Å². The average molecular weight is 205 g/mol. The summed E-state index contributed by atoms with van der Waals surface area (Å²) in [5, 5.41) is 0. The van der Waals surface area contributed by atoms with E-state index >= 15 is 0 Å². The minimum absolute atomic E-state index is 0.569. The largest absolute Gasteiger partial charge is 0.306 e. The molecule has 1 aromatic rings. The lowest BCUT2D eigenvalue weighted by molar-refractivity contribution is 0.251. The monoisotopic (exact) mass is 205 g/mol. The van der Waals surface area contributed by atoms with Crippen LogP contribution in [0, 0.1) is 13.8 Å². The molecule has 0 amide bonds. The third-order valence-electron chi connectivity index (χ3n) is 3.08. The highest BCUT2D eigenvalue weighted by atomic mass is 15.1. The zero-order valence-corrected chi connectivity index (χ0v) is 9.82. The Morgan fingerprint density at radius 1 is 1.13 bits per heavy atom. The number of nitrogens with zero attached hydrogens (tertiary/aromatic N) is 3. The van der Waals surface area contributed by atoms with Gasteiger partial charge < -0.3 is 4.90 Å². The Bertz CT molecular complexity index is 320. The van der Waals surface area contributed by atoms with Gasteiger partial charge in [0, 0.05) is 17.3 Å². The van der Waals surface area contributed by atoms with Gasteiger partial charge in [0.15, 0.2) is 0 Å². The second-order valence-corrected chi connectivity index (χ2v) is 4.59. The fraction of sp³-hybridized carbons (Fsp3) is 0.667. The Morgan fingerprint density at radius 3 is 2.20 bits per heavy atom. The molecule has 2 rings (SSSR count). The van der Waals surface area contributed by atoms with Crippen LogP contribution in [0.5, 0.6) is 0 Å². The Labute approximate surface area is 91.5 Å². The van der Waals surface area contributed by atoms with E-state index in [0.717, 1.165) is 17.2 Å². The van der Waals surface area contributed by atoms with Crippen molar-refractivity contribution in [1.29, 1.82) is 0 Å². The van der Waals surface area contributed by atoms with Crippen molar-refractivity contribution >= 4 is 0 Å². The van der Waals surface area contributed by atoms with E-state index in [2.05, 4.69) is 21.9 Å². The first-order chi connectivity index (χ1) is 7.15. The summed E-state index contributed by atoms with van der Waals surface area (Å²) in [6.07, 6.45) is 2.39. The highest BCUT2D eigenvalue weighted by Crippen LogP contribution is 2.24. The zero-order valence-electron chi connectivity index (χ0n) is 9.82. The molecule has 82 valence electrons. The van der Waals surface area contributed by atoms with Crippen molar-refractivity contribution in [3.8, 4) is 0 Å². The second kappa shape index (κ2) is 4.27. The second-order valence-electron chi connectivity index (χ2n) is 4.59. The first-order valence-electron chi connectivity index (χ1n) is 5.66. The number of aromatic nitrogens is 2. The lowest BCUT2D eigenvalue weighted by Gasteiger charge is -2.28. The number of hydrogen-bond donors (Lipinski definition) is 0. The Morgan fingerprint density at radius 2 is 1.67 bits per heavy atom. The summed E-state index contributed by atoms with van der Waals surface area (Å²) in [6, 6.07) is 2.04. The van der Waals surface area contributed by atoms with E-state index in [9.17, 15) is 0 Å². The molecule has 0 spiro atoms. The summed E-state index contributed by atoms with van der Waals surface area (Å²) in [4.78, 5) is 11.5. The van der Waals surface area contributed by atoms with E-state index < -0.39 is 0 Å². The van der Waals surface area contributed by atoms with Gasteiger partial charge in [-0.05, 0) is 52.9 Å². The first kappa shape index (κ1) is 10.6. The molecular formula is C12H19N3. The fourth-order valence-electron chi connectivity index (χ4n) is 2.20. The number of piperidine rings is 1. The van der Waals surface area contributed by atoms with Gasteiger partial charge in [0.2, 0.25) is 0 Å². The summed E-state index contributed by atoms with van der Waals surface area (Å²) in [5.41, 5.74) is 2.19. The van der Waals surface area contributed by atoms with Crippen LogP contribution >= 0.6 is 0 Å². The SMILES string of the molecule is Cc1cc(C)nc(C2CCN(C)CC2)n1. The van der Waals surface area contributed by atoms with Crippen LogP contribution < -0.4 is 0 Å². The van der Waals surface area contributed by atoms with Crippen molar-refractivity contribution in [2.24, 2.45) is 0 Å². The van der Waals surface area contributed by atoms with Crippen LogP contribution in [0.4, 0.5) is 0 Å². The van der Waals surface area contributed by atoms with Crippen LogP contribution in [0.3, 0.4) is 0 Å². The van der Waals surface area contributed by atoms with Crippen molar-refractivity contribution < 1.29 is 0 Å². The van der Waals surface area contributed by atoms with E-state index in [0.29, 0.717) is 5.92 Å². The first-order valence-corrected chi connectivity index (χ1v) is 5.66. The van der Waals surface area contributed by atoms with E-state index in [1.165, 1.54) is 25.9 Å². The van der Waals surface area contributed by atoms with E-state index in [1.54, 1.807) is 0 Å². The normalized spacial score (nSPS) is 19.4. The van der Waals surface area contributed by atoms with E-state index in [1.807, 2.05) is 19.9 Å². The topological polar surface area (TPSA) is 29.0 Å². The van der Waals surface area contributed by atoms with Crippen LogP contribution in [-0.2, 0) is 0 Å². The number of aryl methyl sites for hydroxylation is 2. The quantitative estimate of drug-likeness (QED) is 0.701. The highest BCUT2D eigenvalue weighted by molar-refractivity contribution is 5.11. The number of hydrogen-bond acceptors (Lipinski definition) is 3. The molecule has 0 radical (unpaired) electrons. The molecule has 0 aliphatic carbocycles. The van der Waals surface area contributed by atoms with Crippen LogP contribution in [-0.4, -0.2) is 35.0 Å². The van der Waals surface area contributed by atoms with E-state index in [4.69, 9.17) is 0 Å². The highest BCUT2D eigenvalue weighted by Gasteiger charge is 2.20. The lowest BCUT2D eigenvalue weighted by Crippen LogP contribution is -2.30. The average Bonchev–Trinajstić information content (AvgIpc) is 2.17. The smallest absolute Gasteiger partial charge is 0.132 e. The van der Waals surface area contributed by atoms with Crippen molar-refractivity contribution in [3.05, 3.63) is 23.3 Å². The van der Waals surface area contributed by atoms with Crippen molar-refractivity contribution in [2.75, 3.05) is 20.1 Å². The zero-order chi connectivity index (χ0) is 10.8. The molecule has 15 heavy (non-hydrogen) atoms. The molecule has 1 aliphatic rings. The third-order valence-corrected chi connectivity index (χ3v) is 3.08. The Kier molecular flexibility index (Phi) is 3.00. The molecule has 1 aliphatic heterocycles. The van der Waals surface area contributed by atoms with Crippen LogP contribution in [0.1, 0.15) is 36.0 Å². The molecule has 1 fully saturated rings. The summed E-state index contributed by atoms with van der Waals surface area (Å²) < 4.78 is 0. The third kappa shape index (κ3) is 2.53. The molecule has 0 unspecified atom stereocenters. The fourth-order valence-corrected chi connectivity index (χ4v) is 2.20. The molecule has 1 aromatic heterocycles. The van der Waals surface area contributed by atoms with Crippen LogP contribution in [0.15, 0.2) is 6.07 Å². The molecular weight excluding hydrogens is 186 g/mol. The maximum Gasteiger partial charge on any atom is 0.132 e.